The summed E-state index contributed by atoms with van der Waals surface area (Å²) in [6.45, 7) is 4.45. The highest BCUT2D eigenvalue weighted by atomic mass is 79.9. The van der Waals surface area contributed by atoms with Crippen LogP contribution in [-0.2, 0) is 12.4 Å². The minimum Gasteiger partial charge on any atom is -0.317 e. The Hall–Kier alpha value is -0.380. The molecule has 0 saturated heterocycles. The van der Waals surface area contributed by atoms with Gasteiger partial charge >= 0.3 is 0 Å². The number of aromatic nitrogens is 3. The molecule has 1 rings (SSSR count). The molecule has 0 fully saturated rings. The van der Waals surface area contributed by atoms with Gasteiger partial charge in [0.25, 0.3) is 0 Å². The lowest BCUT2D eigenvalue weighted by Gasteiger charge is -2.13. The Morgan fingerprint density at radius 1 is 1.33 bits per heavy atom. The second-order valence-electron chi connectivity index (χ2n) is 3.91. The molecule has 1 heterocycles. The first-order chi connectivity index (χ1) is 7.24. The SMILES string of the molecule is CCCCC(CC)c1nnc(CBr)n1C. The van der Waals surface area contributed by atoms with E-state index in [0.29, 0.717) is 5.92 Å². The number of alkyl halides is 1. The van der Waals surface area contributed by atoms with E-state index in [1.54, 1.807) is 0 Å². The number of rotatable bonds is 6. The summed E-state index contributed by atoms with van der Waals surface area (Å²) in [5.41, 5.74) is 0. The number of unbranched alkanes of at least 4 members (excludes halogenated alkanes) is 1. The van der Waals surface area contributed by atoms with Crippen molar-refractivity contribution in [2.24, 2.45) is 7.05 Å². The van der Waals surface area contributed by atoms with Crippen molar-refractivity contribution in [1.29, 1.82) is 0 Å². The third-order valence-electron chi connectivity index (χ3n) is 2.88. The molecular weight excluding hydrogens is 254 g/mol. The molecule has 4 heteroatoms. The van der Waals surface area contributed by atoms with Crippen LogP contribution < -0.4 is 0 Å². The quantitative estimate of drug-likeness (QED) is 0.744. The molecule has 0 amide bonds. The molecule has 1 atom stereocenters. The second-order valence-corrected chi connectivity index (χ2v) is 4.48. The lowest BCUT2D eigenvalue weighted by molar-refractivity contribution is 0.525. The maximum Gasteiger partial charge on any atom is 0.143 e. The van der Waals surface area contributed by atoms with E-state index in [1.165, 1.54) is 19.3 Å². The van der Waals surface area contributed by atoms with Crippen molar-refractivity contribution in [2.75, 3.05) is 0 Å². The fourth-order valence-electron chi connectivity index (χ4n) is 1.81. The fraction of sp³-hybridized carbons (Fsp3) is 0.818. The average molecular weight is 274 g/mol. The van der Waals surface area contributed by atoms with Crippen LogP contribution in [-0.4, -0.2) is 14.8 Å². The third-order valence-corrected chi connectivity index (χ3v) is 3.38. The van der Waals surface area contributed by atoms with E-state index in [1.807, 2.05) is 0 Å². The molecule has 3 nitrogen and oxygen atoms in total. The summed E-state index contributed by atoms with van der Waals surface area (Å²) in [6, 6.07) is 0. The van der Waals surface area contributed by atoms with Crippen LogP contribution in [0.2, 0.25) is 0 Å². The molecular formula is C11H20BrN3. The van der Waals surface area contributed by atoms with Gasteiger partial charge < -0.3 is 4.57 Å². The molecule has 0 radical (unpaired) electrons. The number of halogens is 1. The van der Waals surface area contributed by atoms with Crippen LogP contribution in [0.25, 0.3) is 0 Å². The molecule has 0 aliphatic rings. The summed E-state index contributed by atoms with van der Waals surface area (Å²) in [5.74, 6) is 2.72. The summed E-state index contributed by atoms with van der Waals surface area (Å²) in [4.78, 5) is 0. The van der Waals surface area contributed by atoms with E-state index in [9.17, 15) is 0 Å². The van der Waals surface area contributed by atoms with Gasteiger partial charge in [0, 0.05) is 13.0 Å². The van der Waals surface area contributed by atoms with E-state index in [4.69, 9.17) is 0 Å². The standard InChI is InChI=1S/C11H20BrN3/c1-4-6-7-9(5-2)11-14-13-10(8-12)15(11)3/h9H,4-8H2,1-3H3. The molecule has 0 aromatic carbocycles. The van der Waals surface area contributed by atoms with Crippen LogP contribution in [0.3, 0.4) is 0 Å². The zero-order valence-corrected chi connectivity index (χ0v) is 11.4. The molecule has 0 N–H and O–H groups in total. The largest absolute Gasteiger partial charge is 0.317 e. The highest BCUT2D eigenvalue weighted by molar-refractivity contribution is 9.08. The molecule has 1 aromatic heterocycles. The molecule has 15 heavy (non-hydrogen) atoms. The Kier molecular flexibility index (Phi) is 5.29. The fourth-order valence-corrected chi connectivity index (χ4v) is 2.30. The average Bonchev–Trinajstić information content (AvgIpc) is 2.62. The Labute approximate surface area is 100 Å². The van der Waals surface area contributed by atoms with Gasteiger partial charge in [-0.1, -0.05) is 42.6 Å². The van der Waals surface area contributed by atoms with E-state index in [-0.39, 0.29) is 0 Å². The van der Waals surface area contributed by atoms with E-state index < -0.39 is 0 Å². The van der Waals surface area contributed by atoms with Gasteiger partial charge in [0.1, 0.15) is 11.6 Å². The van der Waals surface area contributed by atoms with Crippen molar-refractivity contribution >= 4 is 15.9 Å². The summed E-state index contributed by atoms with van der Waals surface area (Å²) in [7, 11) is 2.06. The second kappa shape index (κ2) is 6.26. The van der Waals surface area contributed by atoms with E-state index >= 15 is 0 Å². The van der Waals surface area contributed by atoms with Crippen molar-refractivity contribution in [3.63, 3.8) is 0 Å². The summed E-state index contributed by atoms with van der Waals surface area (Å²) < 4.78 is 2.12. The molecule has 1 unspecified atom stereocenters. The van der Waals surface area contributed by atoms with Crippen LogP contribution in [0, 0.1) is 0 Å². The van der Waals surface area contributed by atoms with Crippen LogP contribution in [0.1, 0.15) is 57.1 Å². The Balaban J connectivity index is 2.77. The van der Waals surface area contributed by atoms with Crippen LogP contribution in [0.5, 0.6) is 0 Å². The predicted molar refractivity (Wildman–Crippen MR) is 66.2 cm³/mol. The smallest absolute Gasteiger partial charge is 0.143 e. The van der Waals surface area contributed by atoms with Crippen LogP contribution in [0.15, 0.2) is 0 Å². The lowest BCUT2D eigenvalue weighted by atomic mass is 9.98. The summed E-state index contributed by atoms with van der Waals surface area (Å²) in [6.07, 6.45) is 4.89. The first-order valence-electron chi connectivity index (χ1n) is 5.68. The minimum atomic E-state index is 0.565. The van der Waals surface area contributed by atoms with Gasteiger partial charge in [0.15, 0.2) is 0 Å². The number of nitrogens with zero attached hydrogens (tertiary/aromatic N) is 3. The molecule has 86 valence electrons. The van der Waals surface area contributed by atoms with Gasteiger partial charge in [0.05, 0.1) is 5.33 Å². The van der Waals surface area contributed by atoms with Gasteiger partial charge in [-0.25, -0.2) is 0 Å². The van der Waals surface area contributed by atoms with E-state index in [0.717, 1.165) is 23.4 Å². The highest BCUT2D eigenvalue weighted by Gasteiger charge is 2.16. The Morgan fingerprint density at radius 3 is 2.53 bits per heavy atom. The topological polar surface area (TPSA) is 30.7 Å². The Morgan fingerprint density at radius 2 is 2.07 bits per heavy atom. The van der Waals surface area contributed by atoms with Crippen molar-refractivity contribution < 1.29 is 0 Å². The van der Waals surface area contributed by atoms with Crippen molar-refractivity contribution in [3.05, 3.63) is 11.6 Å². The third kappa shape index (κ3) is 3.03. The molecule has 1 aromatic rings. The van der Waals surface area contributed by atoms with Gasteiger partial charge in [0.2, 0.25) is 0 Å². The molecule has 0 saturated carbocycles. The van der Waals surface area contributed by atoms with Crippen molar-refractivity contribution in [1.82, 2.24) is 14.8 Å². The predicted octanol–water partition coefficient (Wildman–Crippen LogP) is 3.39. The van der Waals surface area contributed by atoms with Gasteiger partial charge in [-0.3, -0.25) is 0 Å². The molecule has 0 aliphatic heterocycles. The number of hydrogen-bond donors (Lipinski definition) is 0. The maximum absolute atomic E-state index is 4.29. The van der Waals surface area contributed by atoms with Gasteiger partial charge in [-0.2, -0.15) is 0 Å². The van der Waals surface area contributed by atoms with E-state index in [2.05, 4.69) is 51.6 Å². The first-order valence-corrected chi connectivity index (χ1v) is 6.80. The first kappa shape index (κ1) is 12.7. The normalized spacial score (nSPS) is 13.1. The molecule has 0 bridgehead atoms. The van der Waals surface area contributed by atoms with Crippen molar-refractivity contribution in [3.8, 4) is 0 Å². The summed E-state index contributed by atoms with van der Waals surface area (Å²) in [5, 5.41) is 9.25. The maximum atomic E-state index is 4.29. The zero-order chi connectivity index (χ0) is 11.3. The monoisotopic (exact) mass is 273 g/mol. The minimum absolute atomic E-state index is 0.565. The zero-order valence-electron chi connectivity index (χ0n) is 9.83. The summed E-state index contributed by atoms with van der Waals surface area (Å²) >= 11 is 3.42. The molecule has 0 spiro atoms. The number of hydrogen-bond acceptors (Lipinski definition) is 2. The van der Waals surface area contributed by atoms with Crippen LogP contribution >= 0.6 is 15.9 Å². The lowest BCUT2D eigenvalue weighted by Crippen LogP contribution is -2.07. The molecule has 0 aliphatic carbocycles. The highest BCUT2D eigenvalue weighted by Crippen LogP contribution is 2.24. The Bertz CT molecular complexity index is 296. The van der Waals surface area contributed by atoms with Crippen LogP contribution in [0.4, 0.5) is 0 Å². The van der Waals surface area contributed by atoms with Gasteiger partial charge in [-0.15, -0.1) is 10.2 Å². The van der Waals surface area contributed by atoms with Gasteiger partial charge in [-0.05, 0) is 12.8 Å². The van der Waals surface area contributed by atoms with Crippen molar-refractivity contribution in [2.45, 2.75) is 50.8 Å².